The van der Waals surface area contributed by atoms with Gasteiger partial charge in [-0.25, -0.2) is 17.2 Å². The monoisotopic (exact) mass is 300 g/mol. The normalized spacial score (nSPS) is 16.1. The molecule has 3 rings (SSSR count). The first kappa shape index (κ1) is 13.2. The fourth-order valence-electron chi connectivity index (χ4n) is 2.18. The minimum atomic E-state index is -4.23. The summed E-state index contributed by atoms with van der Waals surface area (Å²) in [6, 6.07) is 2.97. The van der Waals surface area contributed by atoms with E-state index >= 15 is 0 Å². The van der Waals surface area contributed by atoms with E-state index in [1.54, 1.807) is 0 Å². The molecule has 2 heterocycles. The molecule has 1 aromatic heterocycles. The molecular weight excluding hydrogens is 290 g/mol. The largest absolute Gasteiger partial charge is 0.361 e. The molecule has 2 aromatic rings. The maximum Gasteiger partial charge on any atom is 0.249 e. The Kier molecular flexibility index (Phi) is 3.06. The van der Waals surface area contributed by atoms with Crippen molar-refractivity contribution in [2.24, 2.45) is 0 Å². The van der Waals surface area contributed by atoms with Crippen LogP contribution in [0.15, 0.2) is 33.8 Å². The summed E-state index contributed by atoms with van der Waals surface area (Å²) >= 11 is 0. The van der Waals surface area contributed by atoms with E-state index in [0.717, 1.165) is 22.5 Å². The van der Waals surface area contributed by atoms with Gasteiger partial charge in [0.15, 0.2) is 4.90 Å². The fraction of sp³-hybridized carbons (Fsp3) is 0.250. The van der Waals surface area contributed by atoms with Crippen LogP contribution >= 0.6 is 0 Å². The van der Waals surface area contributed by atoms with Gasteiger partial charge in [0.25, 0.3) is 0 Å². The molecule has 106 valence electrons. The van der Waals surface area contributed by atoms with Crippen molar-refractivity contribution in [1.29, 1.82) is 0 Å². The number of hydrogen-bond acceptors (Lipinski definition) is 4. The topological polar surface area (TPSA) is 63.4 Å². The van der Waals surface area contributed by atoms with Gasteiger partial charge in [-0.3, -0.25) is 0 Å². The number of rotatable bonds is 2. The lowest BCUT2D eigenvalue weighted by Gasteiger charge is -2.25. The van der Waals surface area contributed by atoms with E-state index in [0.29, 0.717) is 17.7 Å². The second-order valence-electron chi connectivity index (χ2n) is 4.41. The van der Waals surface area contributed by atoms with Crippen molar-refractivity contribution in [3.05, 3.63) is 47.4 Å². The van der Waals surface area contributed by atoms with Gasteiger partial charge in [-0.2, -0.15) is 4.31 Å². The molecule has 0 radical (unpaired) electrons. The molecule has 8 heteroatoms. The van der Waals surface area contributed by atoms with Crippen molar-refractivity contribution in [2.75, 3.05) is 6.54 Å². The highest BCUT2D eigenvalue weighted by atomic mass is 32.2. The van der Waals surface area contributed by atoms with Crippen LogP contribution in [-0.2, 0) is 23.0 Å². The summed E-state index contributed by atoms with van der Waals surface area (Å²) < 4.78 is 58.0. The number of hydrogen-bond donors (Lipinski definition) is 0. The van der Waals surface area contributed by atoms with Gasteiger partial charge in [0.05, 0.1) is 6.20 Å². The Morgan fingerprint density at radius 2 is 1.95 bits per heavy atom. The summed E-state index contributed by atoms with van der Waals surface area (Å²) in [5.41, 5.74) is 0.608. The maximum absolute atomic E-state index is 13.7. The van der Waals surface area contributed by atoms with Crippen molar-refractivity contribution in [2.45, 2.75) is 17.9 Å². The van der Waals surface area contributed by atoms with Crippen LogP contribution in [0.1, 0.15) is 11.3 Å². The van der Waals surface area contributed by atoms with Gasteiger partial charge in [-0.05, 0) is 12.1 Å². The zero-order valence-corrected chi connectivity index (χ0v) is 11.0. The molecule has 0 unspecified atom stereocenters. The van der Waals surface area contributed by atoms with Crippen LogP contribution < -0.4 is 0 Å². The number of halogens is 2. The molecule has 0 fully saturated rings. The predicted octanol–water partition coefficient (Wildman–Crippen LogP) is 1.70. The van der Waals surface area contributed by atoms with Crippen molar-refractivity contribution in [3.8, 4) is 0 Å². The number of aromatic nitrogens is 1. The number of nitrogens with zero attached hydrogens (tertiary/aromatic N) is 2. The second-order valence-corrected chi connectivity index (χ2v) is 6.29. The number of sulfonamides is 1. The Bertz CT molecular complexity index is 738. The van der Waals surface area contributed by atoms with Crippen LogP contribution in [0.3, 0.4) is 0 Å². The number of fused-ring (bicyclic) bond motifs is 1. The van der Waals surface area contributed by atoms with E-state index in [-0.39, 0.29) is 13.1 Å². The van der Waals surface area contributed by atoms with Crippen LogP contribution in [0.2, 0.25) is 0 Å². The van der Waals surface area contributed by atoms with Crippen molar-refractivity contribution >= 4 is 10.0 Å². The Labute approximate surface area is 113 Å². The summed E-state index contributed by atoms with van der Waals surface area (Å²) in [5.74, 6) is -1.59. The van der Waals surface area contributed by atoms with Gasteiger partial charge in [0.2, 0.25) is 10.0 Å². The highest BCUT2D eigenvalue weighted by Crippen LogP contribution is 2.27. The Hall–Kier alpha value is -1.80. The quantitative estimate of drug-likeness (QED) is 0.847. The van der Waals surface area contributed by atoms with Gasteiger partial charge in [0, 0.05) is 25.1 Å². The van der Waals surface area contributed by atoms with Crippen LogP contribution in [0.4, 0.5) is 8.78 Å². The third-order valence-electron chi connectivity index (χ3n) is 3.18. The van der Waals surface area contributed by atoms with Crippen molar-refractivity contribution in [3.63, 3.8) is 0 Å². The summed E-state index contributed by atoms with van der Waals surface area (Å²) in [4.78, 5) is -0.917. The lowest BCUT2D eigenvalue weighted by molar-refractivity contribution is 0.329. The number of benzene rings is 1. The SMILES string of the molecule is O=S(=O)(c1c(F)cccc1F)N1CCc2oncc2C1. The third-order valence-corrected chi connectivity index (χ3v) is 5.08. The molecule has 5 nitrogen and oxygen atoms in total. The molecule has 0 amide bonds. The molecule has 1 aliphatic heterocycles. The van der Waals surface area contributed by atoms with Gasteiger partial charge >= 0.3 is 0 Å². The first-order chi connectivity index (χ1) is 9.50. The highest BCUT2D eigenvalue weighted by Gasteiger charge is 2.34. The van der Waals surface area contributed by atoms with Crippen LogP contribution in [0.5, 0.6) is 0 Å². The first-order valence-electron chi connectivity index (χ1n) is 5.87. The van der Waals surface area contributed by atoms with Gasteiger partial charge < -0.3 is 4.52 Å². The molecule has 20 heavy (non-hydrogen) atoms. The van der Waals surface area contributed by atoms with E-state index in [2.05, 4.69) is 5.16 Å². The lowest BCUT2D eigenvalue weighted by Crippen LogP contribution is -2.36. The molecule has 0 saturated carbocycles. The molecular formula is C12H10F2N2O3S. The van der Waals surface area contributed by atoms with E-state index < -0.39 is 26.6 Å². The van der Waals surface area contributed by atoms with E-state index in [1.807, 2.05) is 0 Å². The van der Waals surface area contributed by atoms with Crippen LogP contribution in [0, 0.1) is 11.6 Å². The Balaban J connectivity index is 2.02. The standard InChI is InChI=1S/C12H10F2N2O3S/c13-9-2-1-3-10(14)12(9)20(17,18)16-5-4-11-8(7-16)6-15-19-11/h1-3,6H,4-5,7H2. The van der Waals surface area contributed by atoms with Gasteiger partial charge in [-0.1, -0.05) is 11.2 Å². The highest BCUT2D eigenvalue weighted by molar-refractivity contribution is 7.89. The van der Waals surface area contributed by atoms with Crippen molar-refractivity contribution in [1.82, 2.24) is 9.46 Å². The molecule has 0 atom stereocenters. The fourth-order valence-corrected chi connectivity index (χ4v) is 3.71. The summed E-state index contributed by atoms with van der Waals surface area (Å²) in [6.07, 6.45) is 1.74. The summed E-state index contributed by atoms with van der Waals surface area (Å²) in [5, 5.41) is 3.58. The second kappa shape index (κ2) is 4.64. The van der Waals surface area contributed by atoms with E-state index in [4.69, 9.17) is 4.52 Å². The lowest BCUT2D eigenvalue weighted by atomic mass is 10.1. The molecule has 0 N–H and O–H groups in total. The van der Waals surface area contributed by atoms with Crippen LogP contribution in [0.25, 0.3) is 0 Å². The minimum absolute atomic E-state index is 0.00502. The molecule has 0 aliphatic carbocycles. The minimum Gasteiger partial charge on any atom is -0.361 e. The average Bonchev–Trinajstić information content (AvgIpc) is 2.85. The smallest absolute Gasteiger partial charge is 0.249 e. The Morgan fingerprint density at radius 1 is 1.25 bits per heavy atom. The molecule has 0 bridgehead atoms. The van der Waals surface area contributed by atoms with Crippen molar-refractivity contribution < 1.29 is 21.7 Å². The average molecular weight is 300 g/mol. The maximum atomic E-state index is 13.7. The zero-order chi connectivity index (χ0) is 14.3. The van der Waals surface area contributed by atoms with Gasteiger partial charge in [0.1, 0.15) is 17.4 Å². The summed E-state index contributed by atoms with van der Waals surface area (Å²) in [6.45, 7) is 0.0905. The zero-order valence-electron chi connectivity index (χ0n) is 10.2. The molecule has 1 aliphatic rings. The molecule has 0 saturated heterocycles. The third kappa shape index (κ3) is 2.01. The van der Waals surface area contributed by atoms with E-state index in [1.165, 1.54) is 6.20 Å². The molecule has 0 spiro atoms. The predicted molar refractivity (Wildman–Crippen MR) is 64.2 cm³/mol. The van der Waals surface area contributed by atoms with Gasteiger partial charge in [-0.15, -0.1) is 0 Å². The van der Waals surface area contributed by atoms with E-state index in [9.17, 15) is 17.2 Å². The Morgan fingerprint density at radius 3 is 2.65 bits per heavy atom. The molecule has 1 aromatic carbocycles. The first-order valence-corrected chi connectivity index (χ1v) is 7.31. The summed E-state index contributed by atoms with van der Waals surface area (Å²) in [7, 11) is -4.23. The van der Waals surface area contributed by atoms with Crippen LogP contribution in [-0.4, -0.2) is 24.4 Å².